The first-order valence-electron chi connectivity index (χ1n) is 7.27. The van der Waals surface area contributed by atoms with Crippen LogP contribution in [0.4, 0.5) is 5.69 Å². The Morgan fingerprint density at radius 1 is 1.12 bits per heavy atom. The quantitative estimate of drug-likeness (QED) is 0.660. The molecular formula is C17H15N3O2S2. The SMILES string of the molecule is C[C@@H](Sc1nncs1)C(=O)Nc1ccc(Oc2ccccc2)cc1. The predicted molar refractivity (Wildman–Crippen MR) is 96.8 cm³/mol. The van der Waals surface area contributed by atoms with E-state index in [2.05, 4.69) is 15.5 Å². The number of hydrogen-bond donors (Lipinski definition) is 1. The van der Waals surface area contributed by atoms with Gasteiger partial charge in [-0.05, 0) is 43.3 Å². The summed E-state index contributed by atoms with van der Waals surface area (Å²) in [6.07, 6.45) is 0. The number of nitrogens with zero attached hydrogens (tertiary/aromatic N) is 2. The Morgan fingerprint density at radius 3 is 2.50 bits per heavy atom. The minimum Gasteiger partial charge on any atom is -0.457 e. The molecule has 1 atom stereocenters. The van der Waals surface area contributed by atoms with Crippen molar-refractivity contribution in [3.05, 3.63) is 60.1 Å². The van der Waals surface area contributed by atoms with Gasteiger partial charge in [0.05, 0.1) is 5.25 Å². The predicted octanol–water partition coefficient (Wildman–Crippen LogP) is 4.45. The highest BCUT2D eigenvalue weighted by molar-refractivity contribution is 8.02. The lowest BCUT2D eigenvalue weighted by Crippen LogP contribution is -2.22. The zero-order valence-electron chi connectivity index (χ0n) is 12.9. The molecule has 3 rings (SSSR count). The molecule has 1 aromatic heterocycles. The third kappa shape index (κ3) is 4.56. The van der Waals surface area contributed by atoms with E-state index in [1.807, 2.05) is 61.5 Å². The monoisotopic (exact) mass is 357 g/mol. The molecule has 0 aliphatic rings. The Morgan fingerprint density at radius 2 is 1.83 bits per heavy atom. The summed E-state index contributed by atoms with van der Waals surface area (Å²) in [4.78, 5) is 12.2. The molecule has 0 aliphatic carbocycles. The van der Waals surface area contributed by atoms with Gasteiger partial charge in [0.1, 0.15) is 17.0 Å². The number of carbonyl (C=O) groups excluding carboxylic acids is 1. The van der Waals surface area contributed by atoms with Crippen molar-refractivity contribution in [1.29, 1.82) is 0 Å². The number of benzene rings is 2. The number of carbonyl (C=O) groups is 1. The van der Waals surface area contributed by atoms with Crippen molar-refractivity contribution >= 4 is 34.7 Å². The summed E-state index contributed by atoms with van der Waals surface area (Å²) in [6, 6.07) is 16.8. The molecule has 0 fully saturated rings. The van der Waals surface area contributed by atoms with Gasteiger partial charge in [-0.3, -0.25) is 4.79 Å². The van der Waals surface area contributed by atoms with Crippen LogP contribution in [0.5, 0.6) is 11.5 Å². The highest BCUT2D eigenvalue weighted by Gasteiger charge is 2.16. The van der Waals surface area contributed by atoms with Gasteiger partial charge in [-0.1, -0.05) is 41.3 Å². The van der Waals surface area contributed by atoms with Crippen molar-refractivity contribution in [3.63, 3.8) is 0 Å². The van der Waals surface area contributed by atoms with Crippen molar-refractivity contribution in [2.24, 2.45) is 0 Å². The van der Waals surface area contributed by atoms with Gasteiger partial charge in [0.15, 0.2) is 4.34 Å². The lowest BCUT2D eigenvalue weighted by Gasteiger charge is -2.11. The van der Waals surface area contributed by atoms with Crippen LogP contribution in [0.2, 0.25) is 0 Å². The van der Waals surface area contributed by atoms with Gasteiger partial charge in [-0.2, -0.15) is 0 Å². The number of nitrogens with one attached hydrogen (secondary N) is 1. The third-order valence-electron chi connectivity index (χ3n) is 3.09. The molecule has 5 nitrogen and oxygen atoms in total. The Hall–Kier alpha value is -2.38. The van der Waals surface area contributed by atoms with Crippen molar-refractivity contribution < 1.29 is 9.53 Å². The minimum atomic E-state index is -0.252. The van der Waals surface area contributed by atoms with E-state index in [1.54, 1.807) is 5.51 Å². The molecule has 24 heavy (non-hydrogen) atoms. The summed E-state index contributed by atoms with van der Waals surface area (Å²) < 4.78 is 6.51. The zero-order chi connectivity index (χ0) is 16.8. The van der Waals surface area contributed by atoms with Gasteiger partial charge in [0.25, 0.3) is 0 Å². The van der Waals surface area contributed by atoms with Crippen molar-refractivity contribution in [2.45, 2.75) is 16.5 Å². The van der Waals surface area contributed by atoms with E-state index in [1.165, 1.54) is 23.1 Å². The van der Waals surface area contributed by atoms with E-state index in [-0.39, 0.29) is 11.2 Å². The number of ether oxygens (including phenoxy) is 1. The molecule has 122 valence electrons. The molecular weight excluding hydrogens is 342 g/mol. The molecule has 0 aliphatic heterocycles. The Bertz CT molecular complexity index is 777. The van der Waals surface area contributed by atoms with Crippen LogP contribution in [0.25, 0.3) is 0 Å². The normalized spacial score (nSPS) is 11.7. The maximum absolute atomic E-state index is 12.2. The lowest BCUT2D eigenvalue weighted by molar-refractivity contribution is -0.115. The van der Waals surface area contributed by atoms with E-state index in [9.17, 15) is 4.79 Å². The van der Waals surface area contributed by atoms with Crippen LogP contribution in [-0.2, 0) is 4.79 Å². The summed E-state index contributed by atoms with van der Waals surface area (Å²) in [7, 11) is 0. The van der Waals surface area contributed by atoms with Gasteiger partial charge >= 0.3 is 0 Å². The van der Waals surface area contributed by atoms with Gasteiger partial charge in [-0.25, -0.2) is 0 Å². The molecule has 1 amide bonds. The Labute approximate surface area is 148 Å². The first-order valence-corrected chi connectivity index (χ1v) is 9.03. The van der Waals surface area contributed by atoms with Crippen molar-refractivity contribution in [1.82, 2.24) is 10.2 Å². The summed E-state index contributed by atoms with van der Waals surface area (Å²) in [5, 5.41) is 10.3. The number of para-hydroxylation sites is 1. The number of rotatable bonds is 6. The molecule has 0 saturated carbocycles. The number of thioether (sulfide) groups is 1. The minimum absolute atomic E-state index is 0.0769. The van der Waals surface area contributed by atoms with E-state index in [0.29, 0.717) is 0 Å². The molecule has 7 heteroatoms. The fourth-order valence-corrected chi connectivity index (χ4v) is 3.52. The molecule has 1 heterocycles. The second-order valence-electron chi connectivity index (χ2n) is 4.89. The summed E-state index contributed by atoms with van der Waals surface area (Å²) in [5.74, 6) is 1.42. The molecule has 0 unspecified atom stereocenters. The molecule has 3 aromatic rings. The van der Waals surface area contributed by atoms with Gasteiger partial charge < -0.3 is 10.1 Å². The van der Waals surface area contributed by atoms with Gasteiger partial charge in [0, 0.05) is 5.69 Å². The van der Waals surface area contributed by atoms with Crippen LogP contribution in [-0.4, -0.2) is 21.4 Å². The topological polar surface area (TPSA) is 64.1 Å². The second-order valence-corrected chi connectivity index (χ2v) is 7.31. The summed E-state index contributed by atoms with van der Waals surface area (Å²) in [5.41, 5.74) is 2.38. The first-order chi connectivity index (χ1) is 11.7. The Balaban J connectivity index is 1.56. The molecule has 2 aromatic carbocycles. The fraction of sp³-hybridized carbons (Fsp3) is 0.118. The number of hydrogen-bond acceptors (Lipinski definition) is 6. The molecule has 0 spiro atoms. The third-order valence-corrected chi connectivity index (χ3v) is 5.00. The maximum atomic E-state index is 12.2. The molecule has 0 saturated heterocycles. The first kappa shape index (κ1) is 16.5. The van der Waals surface area contributed by atoms with Crippen LogP contribution in [0.3, 0.4) is 0 Å². The van der Waals surface area contributed by atoms with Crippen LogP contribution >= 0.6 is 23.1 Å². The maximum Gasteiger partial charge on any atom is 0.237 e. The zero-order valence-corrected chi connectivity index (χ0v) is 14.5. The smallest absolute Gasteiger partial charge is 0.237 e. The molecule has 0 radical (unpaired) electrons. The van der Waals surface area contributed by atoms with Crippen molar-refractivity contribution in [3.8, 4) is 11.5 Å². The van der Waals surface area contributed by atoms with E-state index in [0.717, 1.165) is 21.5 Å². The highest BCUT2D eigenvalue weighted by Crippen LogP contribution is 2.26. The van der Waals surface area contributed by atoms with Crippen LogP contribution in [0.15, 0.2) is 64.4 Å². The summed E-state index contributed by atoms with van der Waals surface area (Å²) in [6.45, 7) is 1.84. The van der Waals surface area contributed by atoms with Gasteiger partial charge in [-0.15, -0.1) is 10.2 Å². The molecule has 0 bridgehead atoms. The van der Waals surface area contributed by atoms with Crippen LogP contribution in [0.1, 0.15) is 6.92 Å². The number of aromatic nitrogens is 2. The standard InChI is InChI=1S/C17H15N3O2S2/c1-12(24-17-20-18-11-23-17)16(21)19-13-7-9-15(10-8-13)22-14-5-3-2-4-6-14/h2-12H,1H3,(H,19,21)/t12-/m1/s1. The average Bonchev–Trinajstić information content (AvgIpc) is 3.10. The highest BCUT2D eigenvalue weighted by atomic mass is 32.2. The van der Waals surface area contributed by atoms with Crippen LogP contribution in [0, 0.1) is 0 Å². The molecule has 1 N–H and O–H groups in total. The average molecular weight is 357 g/mol. The largest absolute Gasteiger partial charge is 0.457 e. The fourth-order valence-electron chi connectivity index (χ4n) is 1.89. The number of anilines is 1. The van der Waals surface area contributed by atoms with E-state index in [4.69, 9.17) is 4.74 Å². The Kier molecular flexibility index (Phi) is 5.45. The van der Waals surface area contributed by atoms with E-state index >= 15 is 0 Å². The second kappa shape index (κ2) is 7.94. The number of amides is 1. The van der Waals surface area contributed by atoms with Crippen molar-refractivity contribution in [2.75, 3.05) is 5.32 Å². The summed E-state index contributed by atoms with van der Waals surface area (Å²) >= 11 is 2.81. The van der Waals surface area contributed by atoms with E-state index < -0.39 is 0 Å². The lowest BCUT2D eigenvalue weighted by atomic mass is 10.3. The van der Waals surface area contributed by atoms with Gasteiger partial charge in [0.2, 0.25) is 5.91 Å². The van der Waals surface area contributed by atoms with Crippen LogP contribution < -0.4 is 10.1 Å².